The fourth-order valence-electron chi connectivity index (χ4n) is 2.96. The maximum Gasteiger partial charge on any atom is 0.100 e. The Bertz CT molecular complexity index is 548. The standard InChI is InChI=1S/C21H30ClNO.C2H6/c1-3-4-14-23-15-16-24-21-7-5-6-18(10-13-21)17(2)19-8-11-20(22)12-9-19;1-2/h8-13,17,23H,3-7,14-16H2,1-2H3;1-2H3. The number of benzene rings is 1. The van der Waals surface area contributed by atoms with Crippen LogP contribution in [-0.4, -0.2) is 19.7 Å². The fourth-order valence-corrected chi connectivity index (χ4v) is 3.09. The molecule has 0 bridgehead atoms. The molecule has 1 aliphatic rings. The van der Waals surface area contributed by atoms with Crippen LogP contribution in [0.2, 0.25) is 5.02 Å². The van der Waals surface area contributed by atoms with Crippen LogP contribution in [0.1, 0.15) is 71.3 Å². The van der Waals surface area contributed by atoms with E-state index in [-0.39, 0.29) is 0 Å². The van der Waals surface area contributed by atoms with Gasteiger partial charge in [-0.3, -0.25) is 0 Å². The number of nitrogens with one attached hydrogen (secondary N) is 1. The van der Waals surface area contributed by atoms with E-state index in [0.717, 1.165) is 49.7 Å². The van der Waals surface area contributed by atoms with E-state index in [4.69, 9.17) is 16.3 Å². The van der Waals surface area contributed by atoms with Gasteiger partial charge < -0.3 is 10.1 Å². The summed E-state index contributed by atoms with van der Waals surface area (Å²) in [4.78, 5) is 0. The summed E-state index contributed by atoms with van der Waals surface area (Å²) in [5, 5.41) is 4.21. The van der Waals surface area contributed by atoms with E-state index in [1.807, 2.05) is 26.0 Å². The molecule has 0 amide bonds. The van der Waals surface area contributed by atoms with Gasteiger partial charge in [-0.25, -0.2) is 0 Å². The molecule has 0 saturated heterocycles. The molecule has 1 aromatic rings. The van der Waals surface area contributed by atoms with Crippen LogP contribution in [-0.2, 0) is 4.74 Å². The molecule has 2 rings (SSSR count). The van der Waals surface area contributed by atoms with Crippen molar-refractivity contribution in [2.45, 2.75) is 65.7 Å². The van der Waals surface area contributed by atoms with Gasteiger partial charge in [0.05, 0.1) is 5.76 Å². The molecule has 26 heavy (non-hydrogen) atoms. The van der Waals surface area contributed by atoms with Gasteiger partial charge in [-0.2, -0.15) is 0 Å². The van der Waals surface area contributed by atoms with Crippen molar-refractivity contribution in [3.05, 3.63) is 58.3 Å². The molecular formula is C23H36ClNO. The minimum atomic E-state index is 0.425. The molecule has 0 spiro atoms. The van der Waals surface area contributed by atoms with Gasteiger partial charge in [0.15, 0.2) is 0 Å². The van der Waals surface area contributed by atoms with E-state index in [9.17, 15) is 0 Å². The second-order valence-corrected chi connectivity index (χ2v) is 6.89. The summed E-state index contributed by atoms with van der Waals surface area (Å²) >= 11 is 5.99. The van der Waals surface area contributed by atoms with E-state index in [2.05, 4.69) is 43.4 Å². The number of hydrogen-bond donors (Lipinski definition) is 1. The van der Waals surface area contributed by atoms with Crippen LogP contribution in [0.4, 0.5) is 0 Å². The van der Waals surface area contributed by atoms with Crippen LogP contribution >= 0.6 is 11.6 Å². The lowest BCUT2D eigenvalue weighted by molar-refractivity contribution is 0.202. The van der Waals surface area contributed by atoms with E-state index in [1.165, 1.54) is 24.0 Å². The van der Waals surface area contributed by atoms with Crippen molar-refractivity contribution in [1.82, 2.24) is 5.32 Å². The average molecular weight is 378 g/mol. The van der Waals surface area contributed by atoms with Gasteiger partial charge in [-0.15, -0.1) is 0 Å². The Morgan fingerprint density at radius 1 is 1.08 bits per heavy atom. The molecule has 2 nitrogen and oxygen atoms in total. The first kappa shape index (κ1) is 22.8. The highest BCUT2D eigenvalue weighted by Crippen LogP contribution is 2.31. The van der Waals surface area contributed by atoms with Crippen LogP contribution in [0.25, 0.3) is 0 Å². The maximum atomic E-state index is 5.99. The fraction of sp³-hybridized carbons (Fsp3) is 0.565. The molecule has 1 aliphatic carbocycles. The number of rotatable bonds is 9. The summed E-state index contributed by atoms with van der Waals surface area (Å²) in [6.07, 6.45) is 10.2. The van der Waals surface area contributed by atoms with Gasteiger partial charge in [-0.1, -0.05) is 69.5 Å². The molecule has 0 saturated carbocycles. The Morgan fingerprint density at radius 2 is 1.81 bits per heavy atom. The van der Waals surface area contributed by atoms with Gasteiger partial charge in [0, 0.05) is 23.9 Å². The molecule has 0 heterocycles. The minimum absolute atomic E-state index is 0.425. The van der Waals surface area contributed by atoms with Gasteiger partial charge in [0.25, 0.3) is 0 Å². The highest BCUT2D eigenvalue weighted by molar-refractivity contribution is 6.30. The summed E-state index contributed by atoms with van der Waals surface area (Å²) in [5.74, 6) is 1.54. The number of halogens is 1. The van der Waals surface area contributed by atoms with Crippen molar-refractivity contribution in [1.29, 1.82) is 0 Å². The van der Waals surface area contributed by atoms with Crippen molar-refractivity contribution in [3.8, 4) is 0 Å². The number of hydrogen-bond acceptors (Lipinski definition) is 2. The molecule has 0 fully saturated rings. The molecular weight excluding hydrogens is 342 g/mol. The average Bonchev–Trinajstić information content (AvgIpc) is 2.92. The largest absolute Gasteiger partial charge is 0.497 e. The Kier molecular flexibility index (Phi) is 12.2. The highest BCUT2D eigenvalue weighted by atomic mass is 35.5. The minimum Gasteiger partial charge on any atom is -0.497 e. The monoisotopic (exact) mass is 377 g/mol. The number of unbranched alkanes of at least 4 members (excludes halogenated alkanes) is 1. The molecule has 3 heteroatoms. The lowest BCUT2D eigenvalue weighted by Crippen LogP contribution is -2.20. The zero-order chi connectivity index (χ0) is 19.2. The quantitative estimate of drug-likeness (QED) is 0.474. The van der Waals surface area contributed by atoms with Crippen LogP contribution in [0.15, 0.2) is 47.7 Å². The van der Waals surface area contributed by atoms with E-state index >= 15 is 0 Å². The third kappa shape index (κ3) is 8.42. The summed E-state index contributed by atoms with van der Waals surface area (Å²) in [5.41, 5.74) is 2.79. The maximum absolute atomic E-state index is 5.99. The normalized spacial score (nSPS) is 15.1. The van der Waals surface area contributed by atoms with Crippen molar-refractivity contribution in [2.24, 2.45) is 0 Å². The first-order valence-electron chi connectivity index (χ1n) is 10.2. The first-order valence-corrected chi connectivity index (χ1v) is 10.6. The Labute approximate surface area is 165 Å². The third-order valence-electron chi connectivity index (χ3n) is 4.57. The predicted octanol–water partition coefficient (Wildman–Crippen LogP) is 6.87. The molecule has 1 atom stereocenters. The van der Waals surface area contributed by atoms with Crippen molar-refractivity contribution >= 4 is 11.6 Å². The first-order chi connectivity index (χ1) is 12.7. The number of allylic oxidation sites excluding steroid dienone is 4. The molecule has 0 radical (unpaired) electrons. The van der Waals surface area contributed by atoms with Crippen molar-refractivity contribution < 1.29 is 4.74 Å². The highest BCUT2D eigenvalue weighted by Gasteiger charge is 2.13. The summed E-state index contributed by atoms with van der Waals surface area (Å²) in [6.45, 7) is 11.2. The van der Waals surface area contributed by atoms with Crippen LogP contribution in [0, 0.1) is 0 Å². The van der Waals surface area contributed by atoms with Gasteiger partial charge >= 0.3 is 0 Å². The third-order valence-corrected chi connectivity index (χ3v) is 4.82. The second-order valence-electron chi connectivity index (χ2n) is 6.45. The molecule has 0 aliphatic heterocycles. The zero-order valence-corrected chi connectivity index (χ0v) is 17.7. The lowest BCUT2D eigenvalue weighted by atomic mass is 9.90. The van der Waals surface area contributed by atoms with E-state index in [0.29, 0.717) is 5.92 Å². The molecule has 1 N–H and O–H groups in total. The Hall–Kier alpha value is -1.25. The summed E-state index contributed by atoms with van der Waals surface area (Å²) < 4.78 is 5.93. The zero-order valence-electron chi connectivity index (χ0n) is 17.0. The molecule has 146 valence electrons. The van der Waals surface area contributed by atoms with Crippen LogP contribution in [0.3, 0.4) is 0 Å². The molecule has 0 aromatic heterocycles. The van der Waals surface area contributed by atoms with Crippen molar-refractivity contribution in [3.63, 3.8) is 0 Å². The lowest BCUT2D eigenvalue weighted by Gasteiger charge is -2.15. The van der Waals surface area contributed by atoms with Gasteiger partial charge in [0.1, 0.15) is 6.61 Å². The van der Waals surface area contributed by atoms with Crippen LogP contribution in [0.5, 0.6) is 0 Å². The van der Waals surface area contributed by atoms with Gasteiger partial charge in [-0.05, 0) is 49.6 Å². The topological polar surface area (TPSA) is 21.3 Å². The van der Waals surface area contributed by atoms with E-state index in [1.54, 1.807) is 0 Å². The Morgan fingerprint density at radius 3 is 2.50 bits per heavy atom. The summed E-state index contributed by atoms with van der Waals surface area (Å²) in [6, 6.07) is 8.20. The van der Waals surface area contributed by atoms with Gasteiger partial charge in [0.2, 0.25) is 0 Å². The number of ether oxygens (including phenoxy) is 1. The van der Waals surface area contributed by atoms with E-state index < -0.39 is 0 Å². The smallest absolute Gasteiger partial charge is 0.100 e. The molecule has 1 aromatic carbocycles. The molecule has 1 unspecified atom stereocenters. The van der Waals surface area contributed by atoms with Crippen molar-refractivity contribution in [2.75, 3.05) is 19.7 Å². The second kappa shape index (κ2) is 13.9. The predicted molar refractivity (Wildman–Crippen MR) is 115 cm³/mol. The Balaban J connectivity index is 0.00000163. The van der Waals surface area contributed by atoms with Crippen LogP contribution < -0.4 is 5.32 Å². The SMILES string of the molecule is CC.CCCCNCCOC1=CC=C(C(C)c2ccc(Cl)cc2)CCC1. The summed E-state index contributed by atoms with van der Waals surface area (Å²) in [7, 11) is 0.